The number of oxazole rings is 1. The molecule has 0 atom stereocenters. The summed E-state index contributed by atoms with van der Waals surface area (Å²) in [5.41, 5.74) is 3.73. The fourth-order valence-corrected chi connectivity index (χ4v) is 3.94. The van der Waals surface area contributed by atoms with E-state index in [9.17, 15) is 9.59 Å². The van der Waals surface area contributed by atoms with E-state index in [1.165, 1.54) is 0 Å². The van der Waals surface area contributed by atoms with Gasteiger partial charge in [-0.3, -0.25) is 9.36 Å². The Balaban J connectivity index is 1.66. The SMILES string of the molecule is CC(C)c1c(C(=O)Nc2ccc3oc(=O)n(CCN(C)C)c3c2)cnn1-c1cccc(Cl)c1. The van der Waals surface area contributed by atoms with Crippen LogP contribution in [0.1, 0.15) is 35.8 Å². The molecule has 4 rings (SSSR count). The van der Waals surface area contributed by atoms with Crippen LogP contribution in [0.25, 0.3) is 16.8 Å². The number of amides is 1. The first-order valence-corrected chi connectivity index (χ1v) is 11.1. The first-order valence-electron chi connectivity index (χ1n) is 10.7. The number of aromatic nitrogens is 3. The Kier molecular flexibility index (Phi) is 6.40. The molecule has 2 aromatic carbocycles. The van der Waals surface area contributed by atoms with Crippen LogP contribution >= 0.6 is 11.6 Å². The van der Waals surface area contributed by atoms with E-state index >= 15 is 0 Å². The van der Waals surface area contributed by atoms with Crippen molar-refractivity contribution in [2.75, 3.05) is 26.0 Å². The summed E-state index contributed by atoms with van der Waals surface area (Å²) in [5.74, 6) is -0.656. The van der Waals surface area contributed by atoms with Gasteiger partial charge in [0.2, 0.25) is 0 Å². The maximum absolute atomic E-state index is 13.2. The second-order valence-electron chi connectivity index (χ2n) is 8.45. The third kappa shape index (κ3) is 4.72. The molecular weight excluding hydrogens is 442 g/mol. The highest BCUT2D eigenvalue weighted by Gasteiger charge is 2.21. The molecule has 9 heteroatoms. The van der Waals surface area contributed by atoms with Crippen LogP contribution in [-0.2, 0) is 6.54 Å². The maximum Gasteiger partial charge on any atom is 0.419 e. The summed E-state index contributed by atoms with van der Waals surface area (Å²) in [5, 5.41) is 7.98. The van der Waals surface area contributed by atoms with Crippen LogP contribution in [0.4, 0.5) is 5.69 Å². The standard InChI is InChI=1S/C24H26ClN5O3/c1-15(2)22-19(14-26-30(22)18-7-5-6-16(25)12-18)23(31)27-17-8-9-21-20(13-17)29(24(32)33-21)11-10-28(3)4/h5-9,12-15H,10-11H2,1-4H3,(H,27,31). The van der Waals surface area contributed by atoms with Gasteiger partial charge in [0.1, 0.15) is 0 Å². The fraction of sp³-hybridized carbons (Fsp3) is 0.292. The molecule has 0 aliphatic carbocycles. The van der Waals surface area contributed by atoms with E-state index in [0.29, 0.717) is 40.5 Å². The second kappa shape index (κ2) is 9.25. The van der Waals surface area contributed by atoms with Crippen molar-refractivity contribution in [2.24, 2.45) is 0 Å². The number of likely N-dealkylation sites (N-methyl/N-ethyl adjacent to an activating group) is 1. The van der Waals surface area contributed by atoms with E-state index in [1.807, 2.05) is 51.0 Å². The van der Waals surface area contributed by atoms with Gasteiger partial charge >= 0.3 is 5.76 Å². The number of hydrogen-bond donors (Lipinski definition) is 1. The number of carbonyl (C=O) groups excluding carboxylic acids is 1. The van der Waals surface area contributed by atoms with Crippen molar-refractivity contribution < 1.29 is 9.21 Å². The smallest absolute Gasteiger partial charge is 0.408 e. The van der Waals surface area contributed by atoms with Gasteiger partial charge in [0.05, 0.1) is 28.7 Å². The molecular formula is C24H26ClN5O3. The zero-order valence-electron chi connectivity index (χ0n) is 19.0. The first kappa shape index (κ1) is 22.8. The Labute approximate surface area is 196 Å². The van der Waals surface area contributed by atoms with E-state index in [-0.39, 0.29) is 11.8 Å². The molecule has 0 saturated carbocycles. The third-order valence-corrected chi connectivity index (χ3v) is 5.58. The first-order chi connectivity index (χ1) is 15.7. The van der Waals surface area contributed by atoms with E-state index in [1.54, 1.807) is 39.7 Å². The molecule has 1 N–H and O–H groups in total. The highest BCUT2D eigenvalue weighted by Crippen LogP contribution is 2.26. The van der Waals surface area contributed by atoms with Gasteiger partial charge in [0, 0.05) is 23.8 Å². The minimum atomic E-state index is -0.416. The molecule has 2 heterocycles. The summed E-state index contributed by atoms with van der Waals surface area (Å²) in [6.07, 6.45) is 1.56. The number of nitrogens with one attached hydrogen (secondary N) is 1. The molecule has 33 heavy (non-hydrogen) atoms. The molecule has 172 valence electrons. The lowest BCUT2D eigenvalue weighted by Gasteiger charge is -2.13. The van der Waals surface area contributed by atoms with Crippen molar-refractivity contribution in [3.8, 4) is 5.69 Å². The molecule has 0 aliphatic rings. The molecule has 0 radical (unpaired) electrons. The molecule has 0 unspecified atom stereocenters. The van der Waals surface area contributed by atoms with Gasteiger partial charge in [-0.05, 0) is 56.4 Å². The summed E-state index contributed by atoms with van der Waals surface area (Å²) < 4.78 is 8.65. The zero-order valence-corrected chi connectivity index (χ0v) is 19.8. The quantitative estimate of drug-likeness (QED) is 0.436. The van der Waals surface area contributed by atoms with Gasteiger partial charge in [-0.1, -0.05) is 31.5 Å². The normalized spacial score (nSPS) is 11.6. The average Bonchev–Trinajstić information content (AvgIpc) is 3.33. The van der Waals surface area contributed by atoms with Crippen LogP contribution in [0.5, 0.6) is 0 Å². The Bertz CT molecular complexity index is 1370. The lowest BCUT2D eigenvalue weighted by atomic mass is 10.0. The molecule has 0 bridgehead atoms. The fourth-order valence-electron chi connectivity index (χ4n) is 3.75. The molecule has 8 nitrogen and oxygen atoms in total. The highest BCUT2D eigenvalue weighted by atomic mass is 35.5. The summed E-state index contributed by atoms with van der Waals surface area (Å²) in [4.78, 5) is 27.4. The topological polar surface area (TPSA) is 85.3 Å². The molecule has 0 spiro atoms. The third-order valence-electron chi connectivity index (χ3n) is 5.35. The van der Waals surface area contributed by atoms with E-state index < -0.39 is 5.76 Å². The van der Waals surface area contributed by atoms with Crippen molar-refractivity contribution in [3.05, 3.63) is 75.5 Å². The Morgan fingerprint density at radius 1 is 1.21 bits per heavy atom. The predicted molar refractivity (Wildman–Crippen MR) is 130 cm³/mol. The highest BCUT2D eigenvalue weighted by molar-refractivity contribution is 6.30. The zero-order chi connectivity index (χ0) is 23.7. The maximum atomic E-state index is 13.2. The van der Waals surface area contributed by atoms with Crippen LogP contribution in [0, 0.1) is 0 Å². The summed E-state index contributed by atoms with van der Waals surface area (Å²) in [6, 6.07) is 12.5. The summed E-state index contributed by atoms with van der Waals surface area (Å²) >= 11 is 6.15. The number of fused-ring (bicyclic) bond motifs is 1. The number of nitrogens with zero attached hydrogens (tertiary/aromatic N) is 4. The second-order valence-corrected chi connectivity index (χ2v) is 8.89. The van der Waals surface area contributed by atoms with Crippen LogP contribution < -0.4 is 11.1 Å². The van der Waals surface area contributed by atoms with Crippen LogP contribution in [0.2, 0.25) is 5.02 Å². The van der Waals surface area contributed by atoms with Crippen molar-refractivity contribution in [1.29, 1.82) is 0 Å². The monoisotopic (exact) mass is 467 g/mol. The number of carbonyl (C=O) groups is 1. The minimum absolute atomic E-state index is 0.0415. The molecule has 2 aromatic heterocycles. The molecule has 1 amide bonds. The number of rotatable bonds is 7. The molecule has 4 aromatic rings. The van der Waals surface area contributed by atoms with Crippen LogP contribution in [0.15, 0.2) is 57.9 Å². The number of halogens is 1. The van der Waals surface area contributed by atoms with Gasteiger partial charge in [-0.25, -0.2) is 9.48 Å². The molecule has 0 aliphatic heterocycles. The number of benzene rings is 2. The lowest BCUT2D eigenvalue weighted by molar-refractivity contribution is 0.102. The van der Waals surface area contributed by atoms with Crippen molar-refractivity contribution in [2.45, 2.75) is 26.3 Å². The largest absolute Gasteiger partial charge is 0.419 e. The lowest BCUT2D eigenvalue weighted by Crippen LogP contribution is -2.23. The van der Waals surface area contributed by atoms with Crippen molar-refractivity contribution in [1.82, 2.24) is 19.2 Å². The summed E-state index contributed by atoms with van der Waals surface area (Å²) in [6.45, 7) is 5.19. The van der Waals surface area contributed by atoms with Gasteiger partial charge in [-0.2, -0.15) is 5.10 Å². The Morgan fingerprint density at radius 2 is 2.00 bits per heavy atom. The van der Waals surface area contributed by atoms with Gasteiger partial charge < -0.3 is 14.6 Å². The van der Waals surface area contributed by atoms with E-state index in [2.05, 4.69) is 10.4 Å². The predicted octanol–water partition coefficient (Wildman–Crippen LogP) is 4.37. The van der Waals surface area contributed by atoms with Gasteiger partial charge in [0.15, 0.2) is 5.58 Å². The van der Waals surface area contributed by atoms with E-state index in [4.69, 9.17) is 16.0 Å². The van der Waals surface area contributed by atoms with Gasteiger partial charge in [0.25, 0.3) is 5.91 Å². The van der Waals surface area contributed by atoms with Crippen LogP contribution in [-0.4, -0.2) is 45.8 Å². The van der Waals surface area contributed by atoms with Crippen molar-refractivity contribution in [3.63, 3.8) is 0 Å². The van der Waals surface area contributed by atoms with Crippen molar-refractivity contribution >= 4 is 34.3 Å². The Morgan fingerprint density at radius 3 is 2.70 bits per heavy atom. The van der Waals surface area contributed by atoms with Crippen LogP contribution in [0.3, 0.4) is 0 Å². The number of hydrogen-bond acceptors (Lipinski definition) is 5. The summed E-state index contributed by atoms with van der Waals surface area (Å²) in [7, 11) is 3.88. The molecule has 0 saturated heterocycles. The Hall–Kier alpha value is -3.36. The average molecular weight is 468 g/mol. The number of anilines is 1. The van der Waals surface area contributed by atoms with E-state index in [0.717, 1.165) is 11.4 Å². The minimum Gasteiger partial charge on any atom is -0.408 e. The van der Waals surface area contributed by atoms with Gasteiger partial charge in [-0.15, -0.1) is 0 Å². The molecule has 0 fully saturated rings.